The minimum Gasteiger partial charge on any atom is -0.480 e. The lowest BCUT2D eigenvalue weighted by Crippen LogP contribution is -2.32. The number of hydrogen-bond donors (Lipinski definition) is 6. The largest absolute Gasteiger partial charge is 0.480 e. The zero-order valence-electron chi connectivity index (χ0n) is 12.6. The Morgan fingerprint density at radius 2 is 2.04 bits per heavy atom. The standard InChI is InChI=1S/C6H9N3O2.C5H6N2O2.C2H5N/c7-5(6(10)11)1-4-2-8-3-9-4;1-3-2-6-5(9)7-4(3)8;1-2-3-1/h2-3,5H,1,7H2,(H,8,9)(H,10,11);2H,1H3,(H2,6,7,8,9);3H,1-2H2. The molecule has 0 aromatic carbocycles. The van der Waals surface area contributed by atoms with E-state index in [2.05, 4.69) is 25.3 Å². The van der Waals surface area contributed by atoms with E-state index in [0.717, 1.165) is 5.69 Å². The monoisotopic (exact) mass is 324 g/mol. The zero-order valence-corrected chi connectivity index (χ0v) is 12.6. The summed E-state index contributed by atoms with van der Waals surface area (Å²) in [6.07, 6.45) is 4.71. The number of rotatable bonds is 3. The van der Waals surface area contributed by atoms with Gasteiger partial charge in [-0.15, -0.1) is 0 Å². The van der Waals surface area contributed by atoms with Crippen LogP contribution in [0.3, 0.4) is 0 Å². The highest BCUT2D eigenvalue weighted by molar-refractivity contribution is 5.73. The first kappa shape index (κ1) is 18.3. The highest BCUT2D eigenvalue weighted by Crippen LogP contribution is 1.95. The lowest BCUT2D eigenvalue weighted by molar-refractivity contribution is -0.138. The molecule has 0 spiro atoms. The first-order valence-electron chi connectivity index (χ1n) is 6.85. The van der Waals surface area contributed by atoms with Crippen LogP contribution in [0.1, 0.15) is 11.3 Å². The van der Waals surface area contributed by atoms with E-state index in [1.807, 2.05) is 0 Å². The number of aliphatic carboxylic acids is 1. The van der Waals surface area contributed by atoms with E-state index in [0.29, 0.717) is 5.56 Å². The van der Waals surface area contributed by atoms with E-state index in [4.69, 9.17) is 10.8 Å². The molecule has 3 heterocycles. The van der Waals surface area contributed by atoms with Crippen molar-refractivity contribution in [3.05, 3.63) is 50.8 Å². The van der Waals surface area contributed by atoms with Gasteiger partial charge in [0.2, 0.25) is 0 Å². The van der Waals surface area contributed by atoms with Gasteiger partial charge in [-0.3, -0.25) is 14.6 Å². The second-order valence-corrected chi connectivity index (χ2v) is 4.73. The molecule has 0 radical (unpaired) electrons. The van der Waals surface area contributed by atoms with Crippen molar-refractivity contribution in [1.82, 2.24) is 25.3 Å². The molecule has 10 nitrogen and oxygen atoms in total. The average Bonchev–Trinajstić information content (AvgIpc) is 3.30. The van der Waals surface area contributed by atoms with Gasteiger partial charge in [0, 0.05) is 43.2 Å². The molecule has 7 N–H and O–H groups in total. The summed E-state index contributed by atoms with van der Waals surface area (Å²) in [5.41, 5.74) is 5.70. The van der Waals surface area contributed by atoms with E-state index in [1.54, 1.807) is 13.1 Å². The Bertz CT molecular complexity index is 701. The number of carboxylic acid groups (broad SMARTS) is 1. The van der Waals surface area contributed by atoms with Crippen molar-refractivity contribution in [2.75, 3.05) is 13.1 Å². The molecule has 1 unspecified atom stereocenters. The normalized spacial score (nSPS) is 13.0. The molecule has 0 amide bonds. The van der Waals surface area contributed by atoms with Crippen LogP contribution in [-0.4, -0.2) is 50.1 Å². The number of H-pyrrole nitrogens is 3. The van der Waals surface area contributed by atoms with Crippen molar-refractivity contribution in [2.24, 2.45) is 5.73 Å². The van der Waals surface area contributed by atoms with Crippen LogP contribution in [0, 0.1) is 6.92 Å². The number of carbonyl (C=O) groups is 1. The van der Waals surface area contributed by atoms with Crippen LogP contribution >= 0.6 is 0 Å². The molecule has 1 fully saturated rings. The Hall–Kier alpha value is -2.72. The second-order valence-electron chi connectivity index (χ2n) is 4.73. The maximum Gasteiger partial charge on any atom is 0.325 e. The SMILES string of the molecule is C1CN1.Cc1c[nH]c(=O)[nH]c1=O.NC(Cc1cnc[nH]1)C(=O)O. The first-order valence-corrected chi connectivity index (χ1v) is 6.85. The number of aryl methyl sites for hydroxylation is 1. The fourth-order valence-electron chi connectivity index (χ4n) is 1.20. The molecule has 1 aliphatic rings. The van der Waals surface area contributed by atoms with Gasteiger partial charge < -0.3 is 26.1 Å². The van der Waals surface area contributed by atoms with Gasteiger partial charge in [-0.2, -0.15) is 0 Å². The van der Waals surface area contributed by atoms with Gasteiger partial charge in [0.05, 0.1) is 6.33 Å². The Morgan fingerprint density at radius 1 is 1.39 bits per heavy atom. The maximum absolute atomic E-state index is 10.6. The molecule has 1 atom stereocenters. The lowest BCUT2D eigenvalue weighted by Gasteiger charge is -2.02. The van der Waals surface area contributed by atoms with Crippen molar-refractivity contribution < 1.29 is 9.90 Å². The van der Waals surface area contributed by atoms with Crippen LogP contribution < -0.4 is 22.3 Å². The molecular formula is C13H20N6O4. The molecule has 0 saturated carbocycles. The molecule has 0 aliphatic carbocycles. The third kappa shape index (κ3) is 8.34. The number of nitrogens with one attached hydrogen (secondary N) is 4. The molecule has 126 valence electrons. The van der Waals surface area contributed by atoms with Crippen LogP contribution in [0.25, 0.3) is 0 Å². The Kier molecular flexibility index (Phi) is 7.43. The number of imidazole rings is 1. The number of carboxylic acids is 1. The molecule has 3 rings (SSSR count). The van der Waals surface area contributed by atoms with Gasteiger partial charge in [-0.25, -0.2) is 9.78 Å². The Balaban J connectivity index is 0.000000197. The highest BCUT2D eigenvalue weighted by Gasteiger charge is 2.12. The van der Waals surface area contributed by atoms with Crippen molar-refractivity contribution in [2.45, 2.75) is 19.4 Å². The number of nitrogens with zero attached hydrogens (tertiary/aromatic N) is 1. The quantitative estimate of drug-likeness (QED) is 0.365. The Labute approximate surface area is 131 Å². The van der Waals surface area contributed by atoms with Crippen LogP contribution in [0.15, 0.2) is 28.3 Å². The third-order valence-electron chi connectivity index (χ3n) is 2.57. The highest BCUT2D eigenvalue weighted by atomic mass is 16.4. The molecule has 0 bridgehead atoms. The van der Waals surface area contributed by atoms with Crippen LogP contribution in [0.2, 0.25) is 0 Å². The zero-order chi connectivity index (χ0) is 17.2. The van der Waals surface area contributed by atoms with Gasteiger partial charge in [-0.05, 0) is 6.92 Å². The topological polar surface area (TPSA) is 180 Å². The van der Waals surface area contributed by atoms with Crippen LogP contribution in [-0.2, 0) is 11.2 Å². The van der Waals surface area contributed by atoms with Crippen molar-refractivity contribution >= 4 is 5.97 Å². The fraction of sp³-hybridized carbons (Fsp3) is 0.385. The summed E-state index contributed by atoms with van der Waals surface area (Å²) in [5.74, 6) is -1.00. The Morgan fingerprint density at radius 3 is 2.43 bits per heavy atom. The number of aromatic nitrogens is 4. The summed E-state index contributed by atoms with van der Waals surface area (Å²) in [7, 11) is 0. The lowest BCUT2D eigenvalue weighted by atomic mass is 10.2. The average molecular weight is 324 g/mol. The van der Waals surface area contributed by atoms with E-state index >= 15 is 0 Å². The summed E-state index contributed by atoms with van der Waals surface area (Å²) in [5, 5.41) is 11.4. The van der Waals surface area contributed by atoms with Crippen molar-refractivity contribution in [3.63, 3.8) is 0 Å². The minimum absolute atomic E-state index is 0.287. The molecule has 2 aromatic rings. The molecule has 10 heteroatoms. The maximum atomic E-state index is 10.6. The van der Waals surface area contributed by atoms with Gasteiger partial charge in [0.25, 0.3) is 5.56 Å². The van der Waals surface area contributed by atoms with Crippen LogP contribution in [0.5, 0.6) is 0 Å². The molecule has 2 aromatic heterocycles. The molecular weight excluding hydrogens is 304 g/mol. The minimum atomic E-state index is -1.00. The van der Waals surface area contributed by atoms with E-state index < -0.39 is 17.7 Å². The molecule has 1 aliphatic heterocycles. The summed E-state index contributed by atoms with van der Waals surface area (Å²) in [6.45, 7) is 4.12. The van der Waals surface area contributed by atoms with Gasteiger partial charge in [-0.1, -0.05) is 0 Å². The smallest absolute Gasteiger partial charge is 0.325 e. The third-order valence-corrected chi connectivity index (χ3v) is 2.57. The van der Waals surface area contributed by atoms with Gasteiger partial charge >= 0.3 is 11.7 Å². The molecule has 23 heavy (non-hydrogen) atoms. The summed E-state index contributed by atoms with van der Waals surface area (Å²) >= 11 is 0. The van der Waals surface area contributed by atoms with E-state index in [9.17, 15) is 14.4 Å². The predicted molar refractivity (Wildman–Crippen MR) is 83.2 cm³/mol. The number of nitrogens with two attached hydrogens (primary N) is 1. The van der Waals surface area contributed by atoms with Crippen LogP contribution in [0.4, 0.5) is 0 Å². The predicted octanol–water partition coefficient (Wildman–Crippen LogP) is -1.67. The van der Waals surface area contributed by atoms with Gasteiger partial charge in [0.1, 0.15) is 6.04 Å². The second kappa shape index (κ2) is 9.33. The number of hydrogen-bond acceptors (Lipinski definition) is 6. The van der Waals surface area contributed by atoms with Gasteiger partial charge in [0.15, 0.2) is 0 Å². The summed E-state index contributed by atoms with van der Waals surface area (Å²) < 4.78 is 0. The van der Waals surface area contributed by atoms with E-state index in [1.165, 1.54) is 25.6 Å². The first-order chi connectivity index (χ1) is 10.9. The summed E-state index contributed by atoms with van der Waals surface area (Å²) in [4.78, 5) is 42.1. The summed E-state index contributed by atoms with van der Waals surface area (Å²) in [6, 6.07) is -0.851. The fourth-order valence-corrected chi connectivity index (χ4v) is 1.20. The number of aromatic amines is 3. The molecule has 1 saturated heterocycles. The van der Waals surface area contributed by atoms with E-state index in [-0.39, 0.29) is 12.0 Å². The van der Waals surface area contributed by atoms with Crippen molar-refractivity contribution in [3.8, 4) is 0 Å². The van der Waals surface area contributed by atoms with Crippen molar-refractivity contribution in [1.29, 1.82) is 0 Å².